The highest BCUT2D eigenvalue weighted by atomic mass is 35.5. The smallest absolute Gasteiger partial charge is 0.262 e. The van der Waals surface area contributed by atoms with E-state index in [0.717, 1.165) is 6.07 Å². The molecule has 0 bridgehead atoms. The van der Waals surface area contributed by atoms with Crippen LogP contribution in [-0.2, 0) is 17.1 Å². The van der Waals surface area contributed by atoms with Crippen molar-refractivity contribution in [1.82, 2.24) is 24.1 Å². The molecule has 192 valence electrons. The number of piperazine rings is 1. The van der Waals surface area contributed by atoms with E-state index < -0.39 is 33.2 Å². The molecule has 4 rings (SSSR count). The van der Waals surface area contributed by atoms with Crippen molar-refractivity contribution in [3.8, 4) is 0 Å². The van der Waals surface area contributed by atoms with Crippen molar-refractivity contribution in [1.29, 1.82) is 0 Å². The van der Waals surface area contributed by atoms with Gasteiger partial charge in [0.1, 0.15) is 5.82 Å². The predicted molar refractivity (Wildman–Crippen MR) is 123 cm³/mol. The van der Waals surface area contributed by atoms with Gasteiger partial charge in [-0.15, -0.1) is 0 Å². The number of nitrogens with one attached hydrogen (secondary N) is 1. The highest BCUT2D eigenvalue weighted by Gasteiger charge is 2.48. The molecule has 2 fully saturated rings. The number of sulfonamides is 1. The molecule has 1 aromatic carbocycles. The quantitative estimate of drug-likeness (QED) is 0.617. The average molecular weight is 534 g/mol. The molecular weight excluding hydrogens is 507 g/mol. The van der Waals surface area contributed by atoms with E-state index in [1.807, 2.05) is 4.90 Å². The van der Waals surface area contributed by atoms with Crippen molar-refractivity contribution in [3.63, 3.8) is 0 Å². The molecule has 0 spiro atoms. The van der Waals surface area contributed by atoms with Gasteiger partial charge in [-0.25, -0.2) is 26.6 Å². The Kier molecular flexibility index (Phi) is 7.20. The number of amides is 1. The number of nitrogens with zero attached hydrogens (tertiary/aromatic N) is 4. The molecule has 2 aliphatic rings. The number of benzene rings is 1. The molecule has 1 saturated heterocycles. The molecule has 2 heterocycles. The first-order chi connectivity index (χ1) is 16.4. The molecule has 2 aromatic rings. The van der Waals surface area contributed by atoms with Crippen LogP contribution in [0.2, 0.25) is 5.02 Å². The van der Waals surface area contributed by atoms with E-state index in [1.165, 1.54) is 29.0 Å². The van der Waals surface area contributed by atoms with Crippen LogP contribution in [0.1, 0.15) is 36.0 Å². The van der Waals surface area contributed by atoms with Gasteiger partial charge < -0.3 is 9.88 Å². The number of hydrogen-bond acceptors (Lipinski definition) is 5. The van der Waals surface area contributed by atoms with Gasteiger partial charge in [-0.2, -0.15) is 4.31 Å². The SMILES string of the molecule is Cn1cnc(S(=O)(=O)N2CCN(C3(CNC(=O)c4ccc(Cl)cc4F)CCC(F)(F)CC3)CC2)c1. The molecule has 0 atom stereocenters. The lowest BCUT2D eigenvalue weighted by Crippen LogP contribution is -2.63. The zero-order valence-corrected chi connectivity index (χ0v) is 20.8. The first-order valence-electron chi connectivity index (χ1n) is 11.3. The molecule has 1 aliphatic carbocycles. The van der Waals surface area contributed by atoms with Crippen LogP contribution in [0.25, 0.3) is 0 Å². The summed E-state index contributed by atoms with van der Waals surface area (Å²) in [5.74, 6) is -4.22. The number of carbonyl (C=O) groups is 1. The number of alkyl halides is 2. The Hall–Kier alpha value is -2.15. The van der Waals surface area contributed by atoms with Gasteiger partial charge in [0.2, 0.25) is 5.92 Å². The maximum Gasteiger partial charge on any atom is 0.262 e. The Balaban J connectivity index is 1.47. The van der Waals surface area contributed by atoms with Crippen LogP contribution in [-0.4, -0.2) is 77.3 Å². The molecule has 1 N–H and O–H groups in total. The topological polar surface area (TPSA) is 87.5 Å². The third kappa shape index (κ3) is 5.50. The molecule has 1 saturated carbocycles. The fourth-order valence-corrected chi connectivity index (χ4v) is 6.30. The minimum absolute atomic E-state index is 0.0387. The van der Waals surface area contributed by atoms with Crippen molar-refractivity contribution < 1.29 is 26.4 Å². The maximum atomic E-state index is 14.2. The predicted octanol–water partition coefficient (Wildman–Crippen LogP) is 2.90. The summed E-state index contributed by atoms with van der Waals surface area (Å²) in [4.78, 5) is 18.6. The lowest BCUT2D eigenvalue weighted by molar-refractivity contribution is -0.0856. The number of aryl methyl sites for hydroxylation is 1. The number of carbonyl (C=O) groups excluding carboxylic acids is 1. The monoisotopic (exact) mass is 533 g/mol. The van der Waals surface area contributed by atoms with Gasteiger partial charge in [0.15, 0.2) is 5.03 Å². The van der Waals surface area contributed by atoms with Crippen molar-refractivity contribution in [2.24, 2.45) is 7.05 Å². The van der Waals surface area contributed by atoms with Crippen molar-refractivity contribution in [3.05, 3.63) is 47.1 Å². The van der Waals surface area contributed by atoms with Gasteiger partial charge in [-0.05, 0) is 31.0 Å². The van der Waals surface area contributed by atoms with Gasteiger partial charge in [0.05, 0.1) is 11.9 Å². The molecule has 0 radical (unpaired) electrons. The van der Waals surface area contributed by atoms with Crippen molar-refractivity contribution >= 4 is 27.5 Å². The second-order valence-electron chi connectivity index (χ2n) is 9.16. The van der Waals surface area contributed by atoms with E-state index in [1.54, 1.807) is 11.6 Å². The van der Waals surface area contributed by atoms with E-state index in [0.29, 0.717) is 13.1 Å². The summed E-state index contributed by atoms with van der Waals surface area (Å²) in [5, 5.41) is 2.82. The van der Waals surface area contributed by atoms with Gasteiger partial charge in [0.25, 0.3) is 15.9 Å². The molecule has 35 heavy (non-hydrogen) atoms. The van der Waals surface area contributed by atoms with Crippen LogP contribution in [0.4, 0.5) is 13.2 Å². The minimum Gasteiger partial charge on any atom is -0.350 e. The summed E-state index contributed by atoms with van der Waals surface area (Å²) >= 11 is 5.75. The lowest BCUT2D eigenvalue weighted by Gasteiger charge is -2.50. The summed E-state index contributed by atoms with van der Waals surface area (Å²) in [6, 6.07) is 3.71. The maximum absolute atomic E-state index is 14.2. The van der Waals surface area contributed by atoms with Crippen LogP contribution in [0, 0.1) is 5.82 Å². The van der Waals surface area contributed by atoms with E-state index in [2.05, 4.69) is 10.3 Å². The second-order valence-corrected chi connectivity index (χ2v) is 11.5. The second kappa shape index (κ2) is 9.72. The Labute approximate surface area is 207 Å². The summed E-state index contributed by atoms with van der Waals surface area (Å²) in [5.41, 5.74) is -0.974. The van der Waals surface area contributed by atoms with Crippen molar-refractivity contribution in [2.75, 3.05) is 32.7 Å². The highest BCUT2D eigenvalue weighted by molar-refractivity contribution is 7.89. The highest BCUT2D eigenvalue weighted by Crippen LogP contribution is 2.42. The Morgan fingerprint density at radius 2 is 1.80 bits per heavy atom. The van der Waals surface area contributed by atoms with E-state index >= 15 is 0 Å². The molecule has 1 aliphatic heterocycles. The van der Waals surface area contributed by atoms with Crippen LogP contribution >= 0.6 is 11.6 Å². The average Bonchev–Trinajstić information content (AvgIpc) is 3.26. The zero-order valence-electron chi connectivity index (χ0n) is 19.2. The number of aromatic nitrogens is 2. The van der Waals surface area contributed by atoms with Crippen LogP contribution < -0.4 is 5.32 Å². The minimum atomic E-state index is -3.77. The Morgan fingerprint density at radius 1 is 1.14 bits per heavy atom. The lowest BCUT2D eigenvalue weighted by atomic mass is 9.78. The molecule has 13 heteroatoms. The van der Waals surface area contributed by atoms with Gasteiger partial charge in [-0.1, -0.05) is 11.6 Å². The molecule has 1 amide bonds. The molecular formula is C22H27ClF3N5O3S. The first-order valence-corrected chi connectivity index (χ1v) is 13.1. The summed E-state index contributed by atoms with van der Waals surface area (Å²) in [6.45, 7) is 0.982. The number of imidazole rings is 1. The standard InChI is InChI=1S/C22H27ClF3N5O3S/c1-29-13-19(28-15-29)35(33,34)31-10-8-30(9-11-31)21(4-6-22(25,26)7-5-21)14-27-20(32)17-3-2-16(23)12-18(17)24/h2-3,12-13,15H,4-11,14H2,1H3,(H,27,32). The van der Waals surface area contributed by atoms with E-state index in [-0.39, 0.29) is 60.9 Å². The zero-order chi connectivity index (χ0) is 25.4. The molecule has 8 nitrogen and oxygen atoms in total. The number of halogens is 4. The third-order valence-electron chi connectivity index (χ3n) is 6.86. The molecule has 0 unspecified atom stereocenters. The summed E-state index contributed by atoms with van der Waals surface area (Å²) < 4.78 is 70.9. The van der Waals surface area contributed by atoms with Crippen LogP contribution in [0.15, 0.2) is 35.7 Å². The Bertz CT molecular complexity index is 1190. The molecule has 1 aromatic heterocycles. The number of hydrogen-bond donors (Lipinski definition) is 1. The van der Waals surface area contributed by atoms with Gasteiger partial charge >= 0.3 is 0 Å². The van der Waals surface area contributed by atoms with E-state index in [9.17, 15) is 26.4 Å². The Morgan fingerprint density at radius 3 is 2.37 bits per heavy atom. The fourth-order valence-electron chi connectivity index (χ4n) is 4.76. The van der Waals surface area contributed by atoms with Crippen LogP contribution in [0.5, 0.6) is 0 Å². The van der Waals surface area contributed by atoms with Crippen LogP contribution in [0.3, 0.4) is 0 Å². The van der Waals surface area contributed by atoms with E-state index in [4.69, 9.17) is 11.6 Å². The van der Waals surface area contributed by atoms with Crippen molar-refractivity contribution in [2.45, 2.75) is 42.2 Å². The fraction of sp³-hybridized carbons (Fsp3) is 0.545. The summed E-state index contributed by atoms with van der Waals surface area (Å²) in [6.07, 6.45) is 2.40. The normalized spacial score (nSPS) is 21.1. The number of rotatable bonds is 6. The third-order valence-corrected chi connectivity index (χ3v) is 8.88. The largest absolute Gasteiger partial charge is 0.350 e. The summed E-state index contributed by atoms with van der Waals surface area (Å²) in [7, 11) is -2.09. The van der Waals surface area contributed by atoms with Gasteiger partial charge in [0, 0.05) is 69.4 Å². The van der Waals surface area contributed by atoms with Gasteiger partial charge in [-0.3, -0.25) is 9.69 Å². The first kappa shape index (κ1) is 25.9.